The average molecular weight is 398 g/mol. The van der Waals surface area contributed by atoms with Crippen LogP contribution < -0.4 is 15.4 Å². The molecule has 2 rings (SSSR count). The fraction of sp³-hybridized carbons (Fsp3) is 0.235. The number of rotatable bonds is 5. The van der Waals surface area contributed by atoms with Crippen LogP contribution in [0.3, 0.4) is 0 Å². The number of hydrogen-bond donors (Lipinski definition) is 2. The molecular formula is C17H18BrClN2O2. The first kappa shape index (κ1) is 17.6. The Kier molecular flexibility index (Phi) is 6.30. The topological polar surface area (TPSA) is 50.4 Å². The summed E-state index contributed by atoms with van der Waals surface area (Å²) >= 11 is 9.32. The minimum Gasteiger partial charge on any atom is -0.491 e. The summed E-state index contributed by atoms with van der Waals surface area (Å²) in [6, 6.07) is 10.9. The van der Waals surface area contributed by atoms with Crippen LogP contribution in [0.4, 0.5) is 10.5 Å². The van der Waals surface area contributed by atoms with Crippen LogP contribution in [0, 0.1) is 13.8 Å². The summed E-state index contributed by atoms with van der Waals surface area (Å²) in [5.74, 6) is 0.762. The van der Waals surface area contributed by atoms with E-state index in [9.17, 15) is 4.79 Å². The standard InChI is InChI=1S/C17H18BrClN2O2/c1-11-3-5-15(14(18)9-11)21-17(22)20-7-8-23-16-6-4-13(19)10-12(16)2/h3-6,9-10H,7-8H2,1-2H3,(H2,20,21,22). The molecule has 0 saturated heterocycles. The van der Waals surface area contributed by atoms with Crippen molar-refractivity contribution in [3.8, 4) is 5.75 Å². The summed E-state index contributed by atoms with van der Waals surface area (Å²) in [4.78, 5) is 11.9. The Balaban J connectivity index is 1.76. The lowest BCUT2D eigenvalue weighted by molar-refractivity contribution is 0.247. The van der Waals surface area contributed by atoms with Crippen LogP contribution in [0.25, 0.3) is 0 Å². The zero-order valence-corrected chi connectivity index (χ0v) is 15.3. The summed E-state index contributed by atoms with van der Waals surface area (Å²) in [6.07, 6.45) is 0. The maximum Gasteiger partial charge on any atom is 0.319 e. The number of aryl methyl sites for hydroxylation is 2. The normalized spacial score (nSPS) is 10.3. The molecule has 2 amide bonds. The van der Waals surface area contributed by atoms with Gasteiger partial charge in [-0.3, -0.25) is 0 Å². The molecule has 4 nitrogen and oxygen atoms in total. The number of ether oxygens (including phenoxy) is 1. The number of halogens is 2. The van der Waals surface area contributed by atoms with Crippen LogP contribution in [-0.2, 0) is 0 Å². The summed E-state index contributed by atoms with van der Waals surface area (Å²) in [5.41, 5.74) is 2.81. The van der Waals surface area contributed by atoms with Gasteiger partial charge in [0.05, 0.1) is 12.2 Å². The van der Waals surface area contributed by atoms with Gasteiger partial charge >= 0.3 is 6.03 Å². The number of benzene rings is 2. The van der Waals surface area contributed by atoms with Crippen molar-refractivity contribution in [1.82, 2.24) is 5.32 Å². The number of anilines is 1. The molecule has 2 aromatic rings. The van der Waals surface area contributed by atoms with Crippen molar-refractivity contribution in [3.05, 3.63) is 57.0 Å². The van der Waals surface area contributed by atoms with Crippen LogP contribution >= 0.6 is 27.5 Å². The van der Waals surface area contributed by atoms with Gasteiger partial charge in [0.2, 0.25) is 0 Å². The van der Waals surface area contributed by atoms with Gasteiger partial charge in [-0.25, -0.2) is 4.79 Å². The van der Waals surface area contributed by atoms with Gasteiger partial charge in [-0.1, -0.05) is 17.7 Å². The van der Waals surface area contributed by atoms with E-state index in [2.05, 4.69) is 26.6 Å². The van der Waals surface area contributed by atoms with Gasteiger partial charge in [0.1, 0.15) is 12.4 Å². The van der Waals surface area contributed by atoms with E-state index in [-0.39, 0.29) is 6.03 Å². The van der Waals surface area contributed by atoms with Crippen LogP contribution in [0.5, 0.6) is 5.75 Å². The minimum absolute atomic E-state index is 0.272. The predicted molar refractivity (Wildman–Crippen MR) is 97.6 cm³/mol. The third-order valence-electron chi connectivity index (χ3n) is 3.15. The van der Waals surface area contributed by atoms with Crippen molar-refractivity contribution >= 4 is 39.2 Å². The highest BCUT2D eigenvalue weighted by molar-refractivity contribution is 9.10. The first-order valence-corrected chi connectivity index (χ1v) is 8.33. The Labute approximate surface area is 149 Å². The lowest BCUT2D eigenvalue weighted by Crippen LogP contribution is -2.32. The van der Waals surface area contributed by atoms with Gasteiger partial charge in [-0.15, -0.1) is 0 Å². The average Bonchev–Trinajstić information content (AvgIpc) is 2.48. The molecule has 0 spiro atoms. The van der Waals surface area contributed by atoms with E-state index >= 15 is 0 Å². The van der Waals surface area contributed by atoms with Crippen LogP contribution in [0.1, 0.15) is 11.1 Å². The SMILES string of the molecule is Cc1ccc(NC(=O)NCCOc2ccc(Cl)cc2C)c(Br)c1. The van der Waals surface area contributed by atoms with E-state index in [1.165, 1.54) is 0 Å². The van der Waals surface area contributed by atoms with E-state index in [0.29, 0.717) is 18.2 Å². The van der Waals surface area contributed by atoms with Gasteiger partial charge in [0.15, 0.2) is 0 Å². The molecule has 0 atom stereocenters. The number of nitrogens with one attached hydrogen (secondary N) is 2. The summed E-state index contributed by atoms with van der Waals surface area (Å²) in [7, 11) is 0. The zero-order chi connectivity index (χ0) is 16.8. The van der Waals surface area contributed by atoms with Crippen molar-refractivity contribution in [2.75, 3.05) is 18.5 Å². The Morgan fingerprint density at radius 2 is 2.00 bits per heavy atom. The lowest BCUT2D eigenvalue weighted by atomic mass is 10.2. The van der Waals surface area contributed by atoms with Crippen molar-refractivity contribution in [1.29, 1.82) is 0 Å². The van der Waals surface area contributed by atoms with Crippen molar-refractivity contribution in [3.63, 3.8) is 0 Å². The fourth-order valence-electron chi connectivity index (χ4n) is 1.99. The number of carbonyl (C=O) groups is 1. The van der Waals surface area contributed by atoms with Gasteiger partial charge in [0, 0.05) is 9.50 Å². The number of amides is 2. The lowest BCUT2D eigenvalue weighted by Gasteiger charge is -2.11. The molecule has 0 aromatic heterocycles. The van der Waals surface area contributed by atoms with Crippen molar-refractivity contribution in [2.45, 2.75) is 13.8 Å². The molecule has 0 aliphatic carbocycles. The summed E-state index contributed by atoms with van der Waals surface area (Å²) in [6.45, 7) is 4.70. The molecule has 0 heterocycles. The molecule has 0 bridgehead atoms. The first-order valence-electron chi connectivity index (χ1n) is 7.15. The summed E-state index contributed by atoms with van der Waals surface area (Å²) < 4.78 is 6.47. The van der Waals surface area contributed by atoms with E-state index in [1.807, 2.05) is 44.2 Å². The van der Waals surface area contributed by atoms with Crippen LogP contribution in [0.15, 0.2) is 40.9 Å². The molecule has 122 valence electrons. The van der Waals surface area contributed by atoms with Gasteiger partial charge in [-0.2, -0.15) is 0 Å². The number of hydrogen-bond acceptors (Lipinski definition) is 2. The van der Waals surface area contributed by atoms with Gasteiger partial charge < -0.3 is 15.4 Å². The molecule has 0 radical (unpaired) electrons. The Bertz CT molecular complexity index is 707. The van der Waals surface area contributed by atoms with Gasteiger partial charge in [-0.05, 0) is 71.2 Å². The van der Waals surface area contributed by atoms with Crippen molar-refractivity contribution in [2.24, 2.45) is 0 Å². The van der Waals surface area contributed by atoms with E-state index in [0.717, 1.165) is 27.0 Å². The first-order chi connectivity index (χ1) is 11.0. The maximum absolute atomic E-state index is 11.9. The van der Waals surface area contributed by atoms with Crippen LogP contribution in [0.2, 0.25) is 5.02 Å². The Morgan fingerprint density at radius 1 is 1.22 bits per heavy atom. The van der Waals surface area contributed by atoms with E-state index in [1.54, 1.807) is 6.07 Å². The molecule has 6 heteroatoms. The molecule has 0 unspecified atom stereocenters. The molecule has 0 saturated carbocycles. The highest BCUT2D eigenvalue weighted by atomic mass is 79.9. The molecular weight excluding hydrogens is 380 g/mol. The largest absolute Gasteiger partial charge is 0.491 e. The Hall–Kier alpha value is -1.72. The zero-order valence-electron chi connectivity index (χ0n) is 13.0. The highest BCUT2D eigenvalue weighted by Gasteiger charge is 2.05. The number of urea groups is 1. The highest BCUT2D eigenvalue weighted by Crippen LogP contribution is 2.23. The molecule has 0 aliphatic rings. The maximum atomic E-state index is 11.9. The third-order valence-corrected chi connectivity index (χ3v) is 4.05. The van der Waals surface area contributed by atoms with Crippen molar-refractivity contribution < 1.29 is 9.53 Å². The number of carbonyl (C=O) groups excluding carboxylic acids is 1. The smallest absolute Gasteiger partial charge is 0.319 e. The summed E-state index contributed by atoms with van der Waals surface area (Å²) in [5, 5.41) is 6.21. The molecule has 0 fully saturated rings. The fourth-order valence-corrected chi connectivity index (χ4v) is 2.81. The quantitative estimate of drug-likeness (QED) is 0.704. The Morgan fingerprint density at radius 3 is 2.70 bits per heavy atom. The second kappa shape index (κ2) is 8.22. The monoisotopic (exact) mass is 396 g/mol. The minimum atomic E-state index is -0.272. The third kappa shape index (κ3) is 5.44. The van der Waals surface area contributed by atoms with Gasteiger partial charge in [0.25, 0.3) is 0 Å². The van der Waals surface area contributed by atoms with E-state index < -0.39 is 0 Å². The second-order valence-electron chi connectivity index (χ2n) is 5.12. The molecule has 23 heavy (non-hydrogen) atoms. The van der Waals surface area contributed by atoms with Crippen LogP contribution in [-0.4, -0.2) is 19.2 Å². The molecule has 0 aliphatic heterocycles. The molecule has 2 aromatic carbocycles. The molecule has 2 N–H and O–H groups in total. The van der Waals surface area contributed by atoms with E-state index in [4.69, 9.17) is 16.3 Å². The predicted octanol–water partition coefficient (Wildman–Crippen LogP) is 4.92. The second-order valence-corrected chi connectivity index (χ2v) is 6.41.